The monoisotopic (exact) mass is 455 g/mol. The molecule has 8 nitrogen and oxygen atoms in total. The summed E-state index contributed by atoms with van der Waals surface area (Å²) in [4.78, 5) is 27.2. The Bertz CT molecular complexity index is 1040. The lowest BCUT2D eigenvalue weighted by atomic mass is 10.1. The van der Waals surface area contributed by atoms with Gasteiger partial charge >= 0.3 is 0 Å². The molecule has 0 N–H and O–H groups in total. The Kier molecular flexibility index (Phi) is 5.31. The second kappa shape index (κ2) is 7.90. The molecule has 1 fully saturated rings. The molecule has 1 amide bonds. The number of aromatic nitrogens is 5. The molecule has 4 rings (SSSR count). The molecule has 2 aromatic heterocycles. The summed E-state index contributed by atoms with van der Waals surface area (Å²) in [5, 5.41) is 8.98. The van der Waals surface area contributed by atoms with Gasteiger partial charge in [0.05, 0.1) is 15.9 Å². The van der Waals surface area contributed by atoms with Crippen molar-refractivity contribution in [3.05, 3.63) is 57.6 Å². The summed E-state index contributed by atoms with van der Waals surface area (Å²) in [5.74, 6) is 0.590. The van der Waals surface area contributed by atoms with E-state index in [1.807, 2.05) is 37.8 Å². The highest BCUT2D eigenvalue weighted by atomic mass is 79.9. The highest BCUT2D eigenvalue weighted by Crippen LogP contribution is 2.18. The molecule has 29 heavy (non-hydrogen) atoms. The molecule has 3 heterocycles. The van der Waals surface area contributed by atoms with Crippen LogP contribution in [0.15, 0.2) is 35.1 Å². The van der Waals surface area contributed by atoms with Crippen molar-refractivity contribution >= 4 is 27.8 Å². The van der Waals surface area contributed by atoms with Crippen LogP contribution in [0.25, 0.3) is 5.69 Å². The Morgan fingerprint density at radius 2 is 1.69 bits per heavy atom. The lowest BCUT2D eigenvalue weighted by Crippen LogP contribution is -2.49. The highest BCUT2D eigenvalue weighted by molar-refractivity contribution is 9.10. The van der Waals surface area contributed by atoms with Crippen LogP contribution in [0.3, 0.4) is 0 Å². The molecule has 0 unspecified atom stereocenters. The maximum absolute atomic E-state index is 13.0. The first-order chi connectivity index (χ1) is 13.9. The Morgan fingerprint density at radius 1 is 1.00 bits per heavy atom. The van der Waals surface area contributed by atoms with E-state index in [0.29, 0.717) is 43.5 Å². The third kappa shape index (κ3) is 4.00. The lowest BCUT2D eigenvalue weighted by Gasteiger charge is -2.34. The number of rotatable bonds is 3. The lowest BCUT2D eigenvalue weighted by molar-refractivity contribution is 0.0739. The van der Waals surface area contributed by atoms with Gasteiger partial charge in [0.25, 0.3) is 5.91 Å². The zero-order valence-corrected chi connectivity index (χ0v) is 18.2. The molecule has 0 spiro atoms. The molecule has 1 aliphatic heterocycles. The van der Waals surface area contributed by atoms with Crippen LogP contribution in [0.5, 0.6) is 0 Å². The number of carbonyl (C=O) groups excluding carboxylic acids is 1. The second-order valence-corrected chi connectivity index (χ2v) is 8.11. The molecule has 9 heteroatoms. The van der Waals surface area contributed by atoms with Gasteiger partial charge in [-0.05, 0) is 48.3 Å². The number of carbonyl (C=O) groups is 1. The van der Waals surface area contributed by atoms with Crippen molar-refractivity contribution < 1.29 is 4.79 Å². The van der Waals surface area contributed by atoms with Crippen LogP contribution in [0.4, 0.5) is 5.95 Å². The van der Waals surface area contributed by atoms with E-state index in [1.54, 1.807) is 17.2 Å². The minimum absolute atomic E-state index is 0.0881. The molecule has 0 bridgehead atoms. The van der Waals surface area contributed by atoms with Crippen LogP contribution in [0, 0.1) is 20.8 Å². The zero-order chi connectivity index (χ0) is 20.5. The third-order valence-electron chi connectivity index (χ3n) is 5.01. The van der Waals surface area contributed by atoms with Gasteiger partial charge in [0.15, 0.2) is 5.69 Å². The summed E-state index contributed by atoms with van der Waals surface area (Å²) in [5.41, 5.74) is 4.17. The standard InChI is InChI=1S/C20H22BrN7O/c1-13-4-5-17(14(2)10-13)28-24-15(3)18(25-28)19(29)26-6-8-27(9-7-26)20-22-11-16(21)12-23-20/h4-5,10-12H,6-9H2,1-3H3. The zero-order valence-electron chi connectivity index (χ0n) is 16.6. The van der Waals surface area contributed by atoms with Crippen LogP contribution in [0.2, 0.25) is 0 Å². The van der Waals surface area contributed by atoms with Crippen molar-refractivity contribution in [3.8, 4) is 5.69 Å². The van der Waals surface area contributed by atoms with E-state index in [0.717, 1.165) is 15.7 Å². The maximum Gasteiger partial charge on any atom is 0.276 e. The van der Waals surface area contributed by atoms with Crippen molar-refractivity contribution in [1.29, 1.82) is 0 Å². The van der Waals surface area contributed by atoms with Crippen molar-refractivity contribution in [3.63, 3.8) is 0 Å². The number of hydrogen-bond donors (Lipinski definition) is 0. The fourth-order valence-corrected chi connectivity index (χ4v) is 3.65. The summed E-state index contributed by atoms with van der Waals surface area (Å²) in [7, 11) is 0. The predicted octanol–water partition coefficient (Wildman–Crippen LogP) is 2.71. The molecular weight excluding hydrogens is 434 g/mol. The van der Waals surface area contributed by atoms with E-state index in [-0.39, 0.29) is 5.91 Å². The van der Waals surface area contributed by atoms with Gasteiger partial charge in [-0.15, -0.1) is 5.10 Å². The second-order valence-electron chi connectivity index (χ2n) is 7.19. The van der Waals surface area contributed by atoms with E-state index in [4.69, 9.17) is 0 Å². The summed E-state index contributed by atoms with van der Waals surface area (Å²) in [6.07, 6.45) is 3.46. The summed E-state index contributed by atoms with van der Waals surface area (Å²) in [6.45, 7) is 8.43. The topological polar surface area (TPSA) is 80.0 Å². The molecule has 1 aliphatic rings. The summed E-state index contributed by atoms with van der Waals surface area (Å²) < 4.78 is 0.845. The maximum atomic E-state index is 13.0. The molecular formula is C20H22BrN7O. The van der Waals surface area contributed by atoms with Gasteiger partial charge in [0.1, 0.15) is 0 Å². The molecule has 0 radical (unpaired) electrons. The van der Waals surface area contributed by atoms with Crippen LogP contribution < -0.4 is 4.90 Å². The van der Waals surface area contributed by atoms with Gasteiger partial charge in [0.2, 0.25) is 5.95 Å². The van der Waals surface area contributed by atoms with Gasteiger partial charge in [-0.1, -0.05) is 17.7 Å². The Morgan fingerprint density at radius 3 is 2.34 bits per heavy atom. The van der Waals surface area contributed by atoms with Crippen LogP contribution >= 0.6 is 15.9 Å². The highest BCUT2D eigenvalue weighted by Gasteiger charge is 2.27. The molecule has 0 atom stereocenters. The number of piperazine rings is 1. The minimum Gasteiger partial charge on any atom is -0.337 e. The first-order valence-electron chi connectivity index (χ1n) is 9.46. The van der Waals surface area contributed by atoms with Crippen molar-refractivity contribution in [2.24, 2.45) is 0 Å². The fraction of sp³-hybridized carbons (Fsp3) is 0.350. The molecule has 1 saturated heterocycles. The minimum atomic E-state index is -0.0881. The quantitative estimate of drug-likeness (QED) is 0.603. The van der Waals surface area contributed by atoms with E-state index in [9.17, 15) is 4.79 Å². The molecule has 0 saturated carbocycles. The van der Waals surface area contributed by atoms with Crippen LogP contribution in [0.1, 0.15) is 27.3 Å². The van der Waals surface area contributed by atoms with Crippen LogP contribution in [-0.4, -0.2) is 61.9 Å². The molecule has 1 aromatic carbocycles. The molecule has 0 aliphatic carbocycles. The Hall–Kier alpha value is -2.81. The predicted molar refractivity (Wildman–Crippen MR) is 113 cm³/mol. The van der Waals surface area contributed by atoms with Crippen LogP contribution in [-0.2, 0) is 0 Å². The normalized spacial score (nSPS) is 14.3. The first kappa shape index (κ1) is 19.5. The number of halogens is 1. The van der Waals surface area contributed by atoms with Gasteiger partial charge in [-0.2, -0.15) is 9.90 Å². The van der Waals surface area contributed by atoms with Gasteiger partial charge in [-0.3, -0.25) is 4.79 Å². The van der Waals surface area contributed by atoms with E-state index < -0.39 is 0 Å². The van der Waals surface area contributed by atoms with Crippen molar-refractivity contribution in [1.82, 2.24) is 29.9 Å². The number of amides is 1. The van der Waals surface area contributed by atoms with Gasteiger partial charge < -0.3 is 9.80 Å². The SMILES string of the molecule is Cc1ccc(-n2nc(C)c(C(=O)N3CCN(c4ncc(Br)cn4)CC3)n2)c(C)c1. The van der Waals surface area contributed by atoms with Crippen molar-refractivity contribution in [2.45, 2.75) is 20.8 Å². The number of nitrogens with zero attached hydrogens (tertiary/aromatic N) is 7. The number of benzene rings is 1. The molecule has 3 aromatic rings. The van der Waals surface area contributed by atoms with E-state index >= 15 is 0 Å². The van der Waals surface area contributed by atoms with Gasteiger partial charge in [-0.25, -0.2) is 9.97 Å². The largest absolute Gasteiger partial charge is 0.337 e. The smallest absolute Gasteiger partial charge is 0.276 e. The first-order valence-corrected chi connectivity index (χ1v) is 10.2. The number of aryl methyl sites for hydroxylation is 3. The number of hydrogen-bond acceptors (Lipinski definition) is 6. The van der Waals surface area contributed by atoms with Crippen molar-refractivity contribution in [2.75, 3.05) is 31.1 Å². The Balaban J connectivity index is 1.48. The average molecular weight is 456 g/mol. The number of anilines is 1. The van der Waals surface area contributed by atoms with Gasteiger partial charge in [0, 0.05) is 38.6 Å². The summed E-state index contributed by atoms with van der Waals surface area (Å²) in [6, 6.07) is 6.08. The molecule has 150 valence electrons. The summed E-state index contributed by atoms with van der Waals surface area (Å²) >= 11 is 3.35. The average Bonchev–Trinajstić information content (AvgIpc) is 3.09. The third-order valence-corrected chi connectivity index (χ3v) is 5.42. The van der Waals surface area contributed by atoms with E-state index in [2.05, 4.69) is 47.1 Å². The van der Waals surface area contributed by atoms with E-state index in [1.165, 1.54) is 5.56 Å². The Labute approximate surface area is 177 Å². The fourth-order valence-electron chi connectivity index (χ4n) is 3.44.